The number of nitrogens with zero attached hydrogens (tertiary/aromatic N) is 5. The summed E-state index contributed by atoms with van der Waals surface area (Å²) < 4.78 is 1.96. The van der Waals surface area contributed by atoms with Crippen LogP contribution in [0.4, 0.5) is 0 Å². The topological polar surface area (TPSA) is 76.7 Å². The Balaban J connectivity index is 2.25. The molecule has 6 nitrogen and oxygen atoms in total. The molecule has 20 heavy (non-hydrogen) atoms. The lowest BCUT2D eigenvalue weighted by molar-refractivity contribution is 0.460. The Kier molecular flexibility index (Phi) is 3.02. The van der Waals surface area contributed by atoms with Crippen molar-refractivity contribution in [2.45, 2.75) is 19.9 Å². The molecule has 0 unspecified atom stereocenters. The smallest absolute Gasteiger partial charge is 0.240 e. The van der Waals surface area contributed by atoms with Crippen LogP contribution >= 0.6 is 11.6 Å². The van der Waals surface area contributed by atoms with E-state index < -0.39 is 0 Å². The predicted molar refractivity (Wildman–Crippen MR) is 75.6 cm³/mol. The maximum atomic E-state index is 10.0. The molecule has 3 aromatic heterocycles. The van der Waals surface area contributed by atoms with Crippen molar-refractivity contribution in [3.63, 3.8) is 0 Å². The first kappa shape index (κ1) is 12.8. The Bertz CT molecular complexity index is 784. The highest BCUT2D eigenvalue weighted by molar-refractivity contribution is 6.28. The zero-order valence-corrected chi connectivity index (χ0v) is 11.7. The maximum absolute atomic E-state index is 10.0. The van der Waals surface area contributed by atoms with Crippen LogP contribution in [0.15, 0.2) is 24.7 Å². The van der Waals surface area contributed by atoms with Crippen molar-refractivity contribution >= 4 is 22.6 Å². The van der Waals surface area contributed by atoms with Gasteiger partial charge < -0.3 is 9.67 Å². The summed E-state index contributed by atoms with van der Waals surface area (Å²) in [6.07, 6.45) is 3.24. The van der Waals surface area contributed by atoms with E-state index in [1.807, 2.05) is 24.5 Å². The number of rotatable bonds is 2. The highest BCUT2D eigenvalue weighted by Gasteiger charge is 2.14. The monoisotopic (exact) mass is 289 g/mol. The van der Waals surface area contributed by atoms with Crippen molar-refractivity contribution in [1.82, 2.24) is 24.5 Å². The van der Waals surface area contributed by atoms with E-state index in [-0.39, 0.29) is 17.2 Å². The van der Waals surface area contributed by atoms with Crippen LogP contribution in [0.2, 0.25) is 5.28 Å². The van der Waals surface area contributed by atoms with Crippen LogP contribution in [-0.4, -0.2) is 29.6 Å². The van der Waals surface area contributed by atoms with Gasteiger partial charge in [0.25, 0.3) is 0 Å². The summed E-state index contributed by atoms with van der Waals surface area (Å²) in [4.78, 5) is 16.2. The number of imidazole rings is 1. The lowest BCUT2D eigenvalue weighted by Crippen LogP contribution is -1.99. The number of hydrogen-bond acceptors (Lipinski definition) is 5. The molecule has 0 saturated heterocycles. The molecule has 0 amide bonds. The van der Waals surface area contributed by atoms with Crippen LogP contribution in [0.25, 0.3) is 22.4 Å². The van der Waals surface area contributed by atoms with Gasteiger partial charge in [0, 0.05) is 12.2 Å². The third-order valence-corrected chi connectivity index (χ3v) is 3.17. The molecule has 1 N–H and O–H groups in total. The number of halogens is 1. The van der Waals surface area contributed by atoms with Gasteiger partial charge in [-0.1, -0.05) is 0 Å². The molecule has 3 heterocycles. The van der Waals surface area contributed by atoms with Gasteiger partial charge in [-0.3, -0.25) is 0 Å². The molecule has 0 aliphatic rings. The summed E-state index contributed by atoms with van der Waals surface area (Å²) in [5.41, 5.74) is 2.36. The van der Waals surface area contributed by atoms with Crippen LogP contribution in [0.5, 0.6) is 5.88 Å². The van der Waals surface area contributed by atoms with Gasteiger partial charge in [-0.15, -0.1) is 0 Å². The second-order valence-electron chi connectivity index (χ2n) is 4.66. The largest absolute Gasteiger partial charge is 0.492 e. The van der Waals surface area contributed by atoms with Crippen molar-refractivity contribution in [1.29, 1.82) is 0 Å². The van der Waals surface area contributed by atoms with E-state index in [2.05, 4.69) is 19.9 Å². The third kappa shape index (κ3) is 2.08. The van der Waals surface area contributed by atoms with Crippen LogP contribution in [0.3, 0.4) is 0 Å². The molecular weight excluding hydrogens is 278 g/mol. The van der Waals surface area contributed by atoms with Gasteiger partial charge in [0.1, 0.15) is 0 Å². The third-order valence-electron chi connectivity index (χ3n) is 2.99. The molecular formula is C13H12ClN5O. The van der Waals surface area contributed by atoms with Crippen molar-refractivity contribution < 1.29 is 5.11 Å². The van der Waals surface area contributed by atoms with E-state index in [9.17, 15) is 5.11 Å². The first-order valence-electron chi connectivity index (χ1n) is 6.11. The molecule has 0 spiro atoms. The zero-order valence-electron chi connectivity index (χ0n) is 10.9. The average molecular weight is 290 g/mol. The molecule has 102 valence electrons. The summed E-state index contributed by atoms with van der Waals surface area (Å²) in [6.45, 7) is 4.08. The number of fused-ring (bicyclic) bond motifs is 1. The first-order valence-corrected chi connectivity index (χ1v) is 6.49. The number of aromatic nitrogens is 5. The maximum Gasteiger partial charge on any atom is 0.240 e. The summed E-state index contributed by atoms with van der Waals surface area (Å²) in [6, 6.07) is 3.75. The predicted octanol–water partition coefficient (Wildman–Crippen LogP) is 2.83. The van der Waals surface area contributed by atoms with Crippen LogP contribution in [0, 0.1) is 0 Å². The van der Waals surface area contributed by atoms with E-state index >= 15 is 0 Å². The SMILES string of the molecule is CC(C)n1cnc2c(O)nc(-c3ccnc(Cl)n3)cc21. The van der Waals surface area contributed by atoms with Crippen molar-refractivity contribution in [2.24, 2.45) is 0 Å². The average Bonchev–Trinajstić information content (AvgIpc) is 2.83. The number of aromatic hydroxyl groups is 1. The van der Waals surface area contributed by atoms with Crippen molar-refractivity contribution in [3.05, 3.63) is 29.9 Å². The normalized spacial score (nSPS) is 11.4. The van der Waals surface area contributed by atoms with Gasteiger partial charge >= 0.3 is 0 Å². The van der Waals surface area contributed by atoms with Gasteiger partial charge in [-0.25, -0.2) is 19.9 Å². The molecule has 0 aliphatic carbocycles. The van der Waals surface area contributed by atoms with E-state index in [4.69, 9.17) is 11.6 Å². The van der Waals surface area contributed by atoms with Gasteiger partial charge in [-0.05, 0) is 37.6 Å². The number of pyridine rings is 1. The van der Waals surface area contributed by atoms with Gasteiger partial charge in [-0.2, -0.15) is 0 Å². The fourth-order valence-electron chi connectivity index (χ4n) is 2.03. The Morgan fingerprint density at radius 2 is 2.00 bits per heavy atom. The number of hydrogen-bond donors (Lipinski definition) is 1. The molecule has 0 bridgehead atoms. The Hall–Kier alpha value is -2.21. The Morgan fingerprint density at radius 3 is 2.70 bits per heavy atom. The molecule has 0 fully saturated rings. The van der Waals surface area contributed by atoms with Gasteiger partial charge in [0.2, 0.25) is 11.2 Å². The molecule has 0 aliphatic heterocycles. The molecule has 0 radical (unpaired) electrons. The minimum Gasteiger partial charge on any atom is -0.492 e. The van der Waals surface area contributed by atoms with E-state index in [0.717, 1.165) is 5.52 Å². The summed E-state index contributed by atoms with van der Waals surface area (Å²) in [7, 11) is 0. The van der Waals surface area contributed by atoms with E-state index in [0.29, 0.717) is 16.9 Å². The lowest BCUT2D eigenvalue weighted by atomic mass is 10.2. The summed E-state index contributed by atoms with van der Waals surface area (Å²) in [5.74, 6) is -0.119. The Morgan fingerprint density at radius 1 is 1.20 bits per heavy atom. The Labute approximate surface area is 120 Å². The van der Waals surface area contributed by atoms with Gasteiger partial charge in [0.05, 0.1) is 23.2 Å². The molecule has 3 aromatic rings. The van der Waals surface area contributed by atoms with Crippen LogP contribution < -0.4 is 0 Å². The highest BCUT2D eigenvalue weighted by atomic mass is 35.5. The minimum absolute atomic E-state index is 0.119. The fraction of sp³-hybridized carbons (Fsp3) is 0.231. The lowest BCUT2D eigenvalue weighted by Gasteiger charge is -2.09. The van der Waals surface area contributed by atoms with Crippen molar-refractivity contribution in [2.75, 3.05) is 0 Å². The zero-order chi connectivity index (χ0) is 14.3. The highest BCUT2D eigenvalue weighted by Crippen LogP contribution is 2.28. The van der Waals surface area contributed by atoms with E-state index in [1.54, 1.807) is 18.6 Å². The van der Waals surface area contributed by atoms with Crippen LogP contribution in [-0.2, 0) is 0 Å². The second kappa shape index (κ2) is 4.72. The molecule has 0 aromatic carbocycles. The quantitative estimate of drug-likeness (QED) is 0.734. The first-order chi connectivity index (χ1) is 9.56. The van der Waals surface area contributed by atoms with Gasteiger partial charge in [0.15, 0.2) is 5.52 Å². The minimum atomic E-state index is -0.119. The van der Waals surface area contributed by atoms with E-state index in [1.165, 1.54) is 0 Å². The summed E-state index contributed by atoms with van der Waals surface area (Å²) >= 11 is 5.78. The molecule has 0 atom stereocenters. The molecule has 7 heteroatoms. The standard InChI is InChI=1S/C13H12ClN5O/c1-7(2)19-6-16-11-10(19)5-9(17-12(11)20)8-3-4-15-13(14)18-8/h3-7H,1-2H3,(H,17,20). The summed E-state index contributed by atoms with van der Waals surface area (Å²) in [5, 5.41) is 10.2. The van der Waals surface area contributed by atoms with Crippen molar-refractivity contribution in [3.8, 4) is 17.3 Å². The molecule has 0 saturated carbocycles. The molecule has 3 rings (SSSR count). The second-order valence-corrected chi connectivity index (χ2v) is 4.99. The fourth-order valence-corrected chi connectivity index (χ4v) is 2.18. The van der Waals surface area contributed by atoms with Crippen LogP contribution in [0.1, 0.15) is 19.9 Å².